The Morgan fingerprint density at radius 1 is 1.14 bits per heavy atom. The lowest BCUT2D eigenvalue weighted by Crippen LogP contribution is -2.06. The highest BCUT2D eigenvalue weighted by Gasteiger charge is 2.30. The molecule has 0 N–H and O–H groups in total. The number of halogens is 3. The van der Waals surface area contributed by atoms with Crippen molar-refractivity contribution < 1.29 is 17.9 Å². The van der Waals surface area contributed by atoms with Crippen LogP contribution in [0, 0.1) is 0 Å². The van der Waals surface area contributed by atoms with Crippen LogP contribution >= 0.6 is 11.3 Å². The van der Waals surface area contributed by atoms with E-state index in [4.69, 9.17) is 4.74 Å². The topological polar surface area (TPSA) is 35.0 Å². The first-order chi connectivity index (χ1) is 10.0. The number of rotatable bonds is 3. The molecule has 3 nitrogen and oxygen atoms in total. The van der Waals surface area contributed by atoms with E-state index in [-0.39, 0.29) is 6.61 Å². The zero-order valence-electron chi connectivity index (χ0n) is 10.6. The summed E-state index contributed by atoms with van der Waals surface area (Å²) in [6.45, 7) is 0.0197. The van der Waals surface area contributed by atoms with Crippen LogP contribution < -0.4 is 4.74 Å². The Kier molecular flexibility index (Phi) is 3.50. The lowest BCUT2D eigenvalue weighted by molar-refractivity contribution is -0.137. The molecule has 2 aromatic heterocycles. The summed E-state index contributed by atoms with van der Waals surface area (Å²) in [6.07, 6.45) is -2.98. The molecule has 0 aliphatic rings. The van der Waals surface area contributed by atoms with Gasteiger partial charge < -0.3 is 4.74 Å². The van der Waals surface area contributed by atoms with Gasteiger partial charge in [-0.05, 0) is 29.1 Å². The van der Waals surface area contributed by atoms with Crippen molar-refractivity contribution in [1.82, 2.24) is 9.97 Å². The molecule has 0 unspecified atom stereocenters. The highest BCUT2D eigenvalue weighted by atomic mass is 32.1. The van der Waals surface area contributed by atoms with E-state index < -0.39 is 11.7 Å². The number of aromatic nitrogens is 2. The number of nitrogens with zero attached hydrogens (tertiary/aromatic N) is 2. The van der Waals surface area contributed by atoms with Gasteiger partial charge in [0.15, 0.2) is 0 Å². The Morgan fingerprint density at radius 3 is 2.81 bits per heavy atom. The van der Waals surface area contributed by atoms with Crippen molar-refractivity contribution in [2.45, 2.75) is 12.8 Å². The van der Waals surface area contributed by atoms with Crippen molar-refractivity contribution in [1.29, 1.82) is 0 Å². The van der Waals surface area contributed by atoms with Gasteiger partial charge in [0.1, 0.15) is 17.8 Å². The summed E-state index contributed by atoms with van der Waals surface area (Å²) in [7, 11) is 0. The Hall–Kier alpha value is -2.15. The Morgan fingerprint density at radius 2 is 2.00 bits per heavy atom. The van der Waals surface area contributed by atoms with Crippen LogP contribution in [0.2, 0.25) is 0 Å². The van der Waals surface area contributed by atoms with Gasteiger partial charge in [0.05, 0.1) is 10.9 Å². The molecule has 21 heavy (non-hydrogen) atoms. The third-order valence-electron chi connectivity index (χ3n) is 2.86. The van der Waals surface area contributed by atoms with E-state index >= 15 is 0 Å². The van der Waals surface area contributed by atoms with Crippen LogP contribution in [0.4, 0.5) is 13.2 Å². The third-order valence-corrected chi connectivity index (χ3v) is 3.68. The molecule has 108 valence electrons. The van der Waals surface area contributed by atoms with Crippen molar-refractivity contribution in [3.8, 4) is 5.88 Å². The Bertz CT molecular complexity index is 770. The summed E-state index contributed by atoms with van der Waals surface area (Å²) in [5, 5.41) is 2.62. The first-order valence-electron chi connectivity index (χ1n) is 6.01. The maximum absolute atomic E-state index is 12.6. The van der Waals surface area contributed by atoms with Crippen LogP contribution in [0.25, 0.3) is 10.2 Å². The fraction of sp³-hybridized carbons (Fsp3) is 0.143. The summed E-state index contributed by atoms with van der Waals surface area (Å²) < 4.78 is 43.4. The summed E-state index contributed by atoms with van der Waals surface area (Å²) in [5.41, 5.74) is -0.251. The average Bonchev–Trinajstić information content (AvgIpc) is 2.93. The molecule has 7 heteroatoms. The predicted octanol–water partition coefficient (Wildman–Crippen LogP) is 4.29. The van der Waals surface area contributed by atoms with E-state index in [1.807, 2.05) is 11.4 Å². The molecule has 0 radical (unpaired) electrons. The maximum atomic E-state index is 12.6. The summed E-state index contributed by atoms with van der Waals surface area (Å²) in [6, 6.07) is 6.88. The van der Waals surface area contributed by atoms with Gasteiger partial charge in [-0.25, -0.2) is 9.97 Å². The minimum absolute atomic E-state index is 0.0197. The second-order valence-corrected chi connectivity index (χ2v) is 5.20. The van der Waals surface area contributed by atoms with Crippen LogP contribution in [0.3, 0.4) is 0 Å². The summed E-state index contributed by atoms with van der Waals surface area (Å²) >= 11 is 1.45. The van der Waals surface area contributed by atoms with Gasteiger partial charge in [-0.15, -0.1) is 11.3 Å². The average molecular weight is 310 g/mol. The van der Waals surface area contributed by atoms with E-state index in [2.05, 4.69) is 9.97 Å². The van der Waals surface area contributed by atoms with E-state index in [1.54, 1.807) is 6.07 Å². The predicted molar refractivity (Wildman–Crippen MR) is 73.2 cm³/mol. The van der Waals surface area contributed by atoms with Crippen LogP contribution in [0.1, 0.15) is 11.1 Å². The van der Waals surface area contributed by atoms with Gasteiger partial charge in [-0.2, -0.15) is 13.2 Å². The molecule has 3 rings (SSSR count). The maximum Gasteiger partial charge on any atom is 0.416 e. The Labute approximate surface area is 122 Å². The molecule has 1 aromatic carbocycles. The molecule has 0 atom stereocenters. The van der Waals surface area contributed by atoms with E-state index in [0.29, 0.717) is 11.4 Å². The standard InChI is InChI=1S/C14H9F3N2OS/c15-14(16,17)10-3-1-2-9(6-10)7-20-12-11-4-5-21-13(11)19-8-18-12/h1-6,8H,7H2. The molecule has 0 saturated heterocycles. The van der Waals surface area contributed by atoms with Gasteiger partial charge in [0.25, 0.3) is 0 Å². The normalized spacial score (nSPS) is 11.8. The highest BCUT2D eigenvalue weighted by Crippen LogP contribution is 2.30. The smallest absolute Gasteiger partial charge is 0.416 e. The molecule has 2 heterocycles. The number of hydrogen-bond acceptors (Lipinski definition) is 4. The quantitative estimate of drug-likeness (QED) is 0.724. The third kappa shape index (κ3) is 2.97. The lowest BCUT2D eigenvalue weighted by Gasteiger charge is -2.09. The van der Waals surface area contributed by atoms with Gasteiger partial charge in [-0.1, -0.05) is 12.1 Å². The van der Waals surface area contributed by atoms with E-state index in [1.165, 1.54) is 23.7 Å². The molecular weight excluding hydrogens is 301 g/mol. The molecule has 0 aliphatic carbocycles. The zero-order chi connectivity index (χ0) is 14.9. The Balaban J connectivity index is 1.80. The molecule has 0 bridgehead atoms. The van der Waals surface area contributed by atoms with Crippen LogP contribution in [-0.2, 0) is 12.8 Å². The molecular formula is C14H9F3N2OS. The zero-order valence-corrected chi connectivity index (χ0v) is 11.4. The number of benzene rings is 1. The fourth-order valence-electron chi connectivity index (χ4n) is 1.87. The molecule has 0 spiro atoms. The lowest BCUT2D eigenvalue weighted by atomic mass is 10.1. The van der Waals surface area contributed by atoms with Gasteiger partial charge in [0.2, 0.25) is 5.88 Å². The number of fused-ring (bicyclic) bond motifs is 1. The minimum atomic E-state index is -4.36. The highest BCUT2D eigenvalue weighted by molar-refractivity contribution is 7.16. The fourth-order valence-corrected chi connectivity index (χ4v) is 2.59. The monoisotopic (exact) mass is 310 g/mol. The van der Waals surface area contributed by atoms with Crippen LogP contribution in [0.5, 0.6) is 5.88 Å². The van der Waals surface area contributed by atoms with E-state index in [0.717, 1.165) is 22.3 Å². The van der Waals surface area contributed by atoms with Crippen molar-refractivity contribution in [3.05, 3.63) is 53.2 Å². The van der Waals surface area contributed by atoms with Crippen LogP contribution in [-0.4, -0.2) is 9.97 Å². The molecule has 3 aromatic rings. The first kappa shape index (κ1) is 13.8. The van der Waals surface area contributed by atoms with E-state index in [9.17, 15) is 13.2 Å². The number of ether oxygens (including phenoxy) is 1. The van der Waals surface area contributed by atoms with Crippen molar-refractivity contribution in [3.63, 3.8) is 0 Å². The molecule has 0 aliphatic heterocycles. The summed E-state index contributed by atoms with van der Waals surface area (Å²) in [4.78, 5) is 8.88. The number of hydrogen-bond donors (Lipinski definition) is 0. The van der Waals surface area contributed by atoms with Gasteiger partial charge in [-0.3, -0.25) is 0 Å². The van der Waals surface area contributed by atoms with Crippen LogP contribution in [0.15, 0.2) is 42.0 Å². The second kappa shape index (κ2) is 5.33. The second-order valence-electron chi connectivity index (χ2n) is 4.31. The molecule has 0 amide bonds. The van der Waals surface area contributed by atoms with Gasteiger partial charge in [0, 0.05) is 0 Å². The van der Waals surface area contributed by atoms with Crippen molar-refractivity contribution in [2.24, 2.45) is 0 Å². The SMILES string of the molecule is FC(F)(F)c1cccc(COc2ncnc3sccc23)c1. The minimum Gasteiger partial charge on any atom is -0.472 e. The number of thiophene rings is 1. The number of alkyl halides is 3. The first-order valence-corrected chi connectivity index (χ1v) is 6.89. The molecule has 0 saturated carbocycles. The van der Waals surface area contributed by atoms with Crippen molar-refractivity contribution >= 4 is 21.6 Å². The molecule has 0 fully saturated rings. The van der Waals surface area contributed by atoms with Crippen molar-refractivity contribution in [2.75, 3.05) is 0 Å². The largest absolute Gasteiger partial charge is 0.472 e. The van der Waals surface area contributed by atoms with Gasteiger partial charge >= 0.3 is 6.18 Å². The summed E-state index contributed by atoms with van der Waals surface area (Å²) in [5.74, 6) is 0.374.